The summed E-state index contributed by atoms with van der Waals surface area (Å²) in [5.74, 6) is -1.11. The molecule has 0 spiro atoms. The Kier molecular flexibility index (Phi) is 2.57. The van der Waals surface area contributed by atoms with E-state index in [4.69, 9.17) is 10.8 Å². The van der Waals surface area contributed by atoms with Crippen LogP contribution < -0.4 is 5.73 Å². The number of carbonyl (C=O) groups excluding carboxylic acids is 1. The van der Waals surface area contributed by atoms with Gasteiger partial charge in [0.1, 0.15) is 0 Å². The summed E-state index contributed by atoms with van der Waals surface area (Å²) in [6, 6.07) is 0. The third kappa shape index (κ3) is 2.03. The van der Waals surface area contributed by atoms with E-state index in [1.807, 2.05) is 0 Å². The molecule has 0 saturated carbocycles. The fourth-order valence-electron chi connectivity index (χ4n) is 0.258. The highest BCUT2D eigenvalue weighted by Gasteiger charge is 2.06. The lowest BCUT2D eigenvalue weighted by atomic mass is 10.3. The van der Waals surface area contributed by atoms with Crippen LogP contribution >= 0.6 is 0 Å². The van der Waals surface area contributed by atoms with Crippen LogP contribution in [0.4, 0.5) is 0 Å². The second-order valence-electron chi connectivity index (χ2n) is 1.50. The number of esters is 1. The molecule has 0 heterocycles. The molecule has 4 heteroatoms. The molecule has 3 N–H and O–H groups in total. The quantitative estimate of drug-likeness (QED) is 0.296. The summed E-state index contributed by atoms with van der Waals surface area (Å²) in [6.45, 7) is 1.38. The van der Waals surface area contributed by atoms with Crippen LogP contribution in [0.3, 0.4) is 0 Å². The first kappa shape index (κ1) is 7.81. The lowest BCUT2D eigenvalue weighted by Gasteiger charge is -1.97. The van der Waals surface area contributed by atoms with Crippen LogP contribution in [0, 0.1) is 0 Å². The fraction of sp³-hybridized carbons (Fsp3) is 0.400. The van der Waals surface area contributed by atoms with Crippen molar-refractivity contribution in [3.63, 3.8) is 0 Å². The van der Waals surface area contributed by atoms with Gasteiger partial charge in [0.15, 0.2) is 5.88 Å². The van der Waals surface area contributed by atoms with E-state index in [0.717, 1.165) is 0 Å². The lowest BCUT2D eigenvalue weighted by molar-refractivity contribution is -0.136. The van der Waals surface area contributed by atoms with E-state index in [2.05, 4.69) is 4.74 Å². The Hall–Kier alpha value is -1.19. The van der Waals surface area contributed by atoms with E-state index in [-0.39, 0.29) is 5.57 Å². The number of rotatable bonds is 1. The van der Waals surface area contributed by atoms with Crippen LogP contribution in [0.2, 0.25) is 0 Å². The Bertz CT molecular complexity index is 146. The second kappa shape index (κ2) is 2.96. The van der Waals surface area contributed by atoms with Gasteiger partial charge in [-0.2, -0.15) is 0 Å². The van der Waals surface area contributed by atoms with Gasteiger partial charge >= 0.3 is 5.97 Å². The van der Waals surface area contributed by atoms with Crippen molar-refractivity contribution < 1.29 is 14.6 Å². The van der Waals surface area contributed by atoms with Gasteiger partial charge in [-0.3, -0.25) is 0 Å². The predicted octanol–water partition coefficient (Wildman–Crippen LogP) is -0.0924. The molecule has 0 bridgehead atoms. The number of nitrogens with two attached hydrogens (primary N) is 1. The van der Waals surface area contributed by atoms with E-state index in [1.54, 1.807) is 0 Å². The zero-order valence-corrected chi connectivity index (χ0v) is 5.34. The highest BCUT2D eigenvalue weighted by molar-refractivity contribution is 5.87. The second-order valence-corrected chi connectivity index (χ2v) is 1.50. The van der Waals surface area contributed by atoms with Crippen LogP contribution in [0.15, 0.2) is 11.5 Å². The fourth-order valence-corrected chi connectivity index (χ4v) is 0.258. The van der Waals surface area contributed by atoms with Crippen molar-refractivity contribution in [2.45, 2.75) is 6.92 Å². The molecular formula is C5H9NO3. The maximum absolute atomic E-state index is 10.4. The Labute approximate surface area is 52.9 Å². The van der Waals surface area contributed by atoms with Gasteiger partial charge in [0.25, 0.3) is 0 Å². The van der Waals surface area contributed by atoms with Gasteiger partial charge in [-0.25, -0.2) is 4.79 Å². The Morgan fingerprint density at radius 1 is 1.67 bits per heavy atom. The monoisotopic (exact) mass is 131 g/mol. The van der Waals surface area contributed by atoms with Gasteiger partial charge in [-0.15, -0.1) is 0 Å². The minimum absolute atomic E-state index is 0.0255. The SMILES string of the molecule is COC(=O)C(C)=C(N)O. The number of ether oxygens (including phenoxy) is 1. The van der Waals surface area contributed by atoms with Crippen LogP contribution in [0.5, 0.6) is 0 Å². The summed E-state index contributed by atoms with van der Waals surface area (Å²) in [7, 11) is 1.22. The van der Waals surface area contributed by atoms with Crippen molar-refractivity contribution in [3.8, 4) is 0 Å². The highest BCUT2D eigenvalue weighted by Crippen LogP contribution is 1.95. The third-order valence-electron chi connectivity index (χ3n) is 0.876. The van der Waals surface area contributed by atoms with Gasteiger partial charge in [-0.05, 0) is 6.92 Å². The maximum atomic E-state index is 10.4. The van der Waals surface area contributed by atoms with Gasteiger partial charge < -0.3 is 15.6 Å². The molecule has 0 saturated heterocycles. The van der Waals surface area contributed by atoms with Crippen molar-refractivity contribution >= 4 is 5.97 Å². The number of methoxy groups -OCH3 is 1. The Balaban J connectivity index is 4.21. The van der Waals surface area contributed by atoms with Crippen molar-refractivity contribution in [1.29, 1.82) is 0 Å². The standard InChI is InChI=1S/C5H9NO3/c1-3(4(6)7)5(8)9-2/h7H,6H2,1-2H3. The normalized spacial score (nSPS) is 12.2. The molecule has 9 heavy (non-hydrogen) atoms. The first-order chi connectivity index (χ1) is 4.09. The first-order valence-electron chi connectivity index (χ1n) is 2.33. The van der Waals surface area contributed by atoms with Crippen molar-refractivity contribution in [2.24, 2.45) is 5.73 Å². The van der Waals surface area contributed by atoms with E-state index in [1.165, 1.54) is 14.0 Å². The molecular weight excluding hydrogens is 122 g/mol. The largest absolute Gasteiger partial charge is 0.495 e. The molecule has 0 radical (unpaired) electrons. The Morgan fingerprint density at radius 3 is 2.22 bits per heavy atom. The molecule has 0 aromatic rings. The molecule has 0 aromatic carbocycles. The van der Waals surface area contributed by atoms with Crippen molar-refractivity contribution in [1.82, 2.24) is 0 Å². The molecule has 0 aliphatic carbocycles. The van der Waals surface area contributed by atoms with Gasteiger partial charge in [0.2, 0.25) is 0 Å². The average molecular weight is 131 g/mol. The predicted molar refractivity (Wildman–Crippen MR) is 31.5 cm³/mol. The summed E-state index contributed by atoms with van der Waals surface area (Å²) in [4.78, 5) is 10.4. The van der Waals surface area contributed by atoms with Crippen LogP contribution in [-0.4, -0.2) is 18.2 Å². The molecule has 4 nitrogen and oxygen atoms in total. The molecule has 0 atom stereocenters. The number of aliphatic hydroxyl groups excluding tert-OH is 1. The van der Waals surface area contributed by atoms with Crippen molar-refractivity contribution in [3.05, 3.63) is 11.5 Å². The smallest absolute Gasteiger partial charge is 0.338 e. The van der Waals surface area contributed by atoms with Crippen LogP contribution in [0.25, 0.3) is 0 Å². The summed E-state index contributed by atoms with van der Waals surface area (Å²) in [5, 5.41) is 8.48. The molecule has 0 amide bonds. The molecule has 0 aromatic heterocycles. The third-order valence-corrected chi connectivity index (χ3v) is 0.876. The van der Waals surface area contributed by atoms with E-state index in [9.17, 15) is 4.79 Å². The number of hydrogen-bond donors (Lipinski definition) is 2. The molecule has 0 aliphatic heterocycles. The average Bonchev–Trinajstić information content (AvgIpc) is 1.84. The summed E-state index contributed by atoms with van der Waals surface area (Å²) in [6.07, 6.45) is 0. The van der Waals surface area contributed by atoms with Gasteiger partial charge in [0, 0.05) is 0 Å². The lowest BCUT2D eigenvalue weighted by Crippen LogP contribution is -2.09. The minimum atomic E-state index is -0.616. The molecule has 0 fully saturated rings. The Morgan fingerprint density at radius 2 is 2.11 bits per heavy atom. The molecule has 0 unspecified atom stereocenters. The number of hydrogen-bond acceptors (Lipinski definition) is 4. The summed E-state index contributed by atoms with van der Waals surface area (Å²) >= 11 is 0. The highest BCUT2D eigenvalue weighted by atomic mass is 16.5. The summed E-state index contributed by atoms with van der Waals surface area (Å²) < 4.78 is 4.24. The van der Waals surface area contributed by atoms with E-state index in [0.29, 0.717) is 0 Å². The van der Waals surface area contributed by atoms with Crippen LogP contribution in [-0.2, 0) is 9.53 Å². The van der Waals surface area contributed by atoms with Gasteiger partial charge in [0.05, 0.1) is 12.7 Å². The number of carbonyl (C=O) groups is 1. The van der Waals surface area contributed by atoms with Gasteiger partial charge in [-0.1, -0.05) is 0 Å². The molecule has 0 aliphatic rings. The minimum Gasteiger partial charge on any atom is -0.495 e. The van der Waals surface area contributed by atoms with Crippen molar-refractivity contribution in [2.75, 3.05) is 7.11 Å². The molecule has 0 rings (SSSR count). The topological polar surface area (TPSA) is 72.5 Å². The summed E-state index contributed by atoms with van der Waals surface area (Å²) in [5.41, 5.74) is 4.87. The van der Waals surface area contributed by atoms with Crippen LogP contribution in [0.1, 0.15) is 6.92 Å². The number of aliphatic hydroxyl groups is 1. The zero-order valence-electron chi connectivity index (χ0n) is 5.34. The van der Waals surface area contributed by atoms with E-state index >= 15 is 0 Å². The maximum Gasteiger partial charge on any atom is 0.338 e. The first-order valence-corrected chi connectivity index (χ1v) is 2.33. The van der Waals surface area contributed by atoms with E-state index < -0.39 is 11.9 Å². The zero-order chi connectivity index (χ0) is 7.44. The molecule has 52 valence electrons.